The lowest BCUT2D eigenvalue weighted by atomic mass is 9.98. The molecule has 1 aromatic carbocycles. The normalized spacial score (nSPS) is 10.2. The predicted octanol–water partition coefficient (Wildman–Crippen LogP) is 2.27. The minimum Gasteiger partial charge on any atom is -0.476 e. The summed E-state index contributed by atoms with van der Waals surface area (Å²) in [6.07, 6.45) is 0. The van der Waals surface area contributed by atoms with E-state index < -0.39 is 5.97 Å². The third-order valence-electron chi connectivity index (χ3n) is 3.07. The number of aryl methyl sites for hydroxylation is 3. The molecule has 5 nitrogen and oxygen atoms in total. The van der Waals surface area contributed by atoms with Gasteiger partial charge in [-0.2, -0.15) is 10.4 Å². The Morgan fingerprint density at radius 3 is 2.53 bits per heavy atom. The first kappa shape index (κ1) is 12.8. The van der Waals surface area contributed by atoms with Crippen LogP contribution in [0.5, 0.6) is 0 Å². The summed E-state index contributed by atoms with van der Waals surface area (Å²) in [4.78, 5) is 10.9. The Labute approximate surface area is 110 Å². The van der Waals surface area contributed by atoms with Gasteiger partial charge < -0.3 is 5.11 Å². The number of nitrogens with zero attached hydrogens (tertiary/aromatic N) is 3. The Hall–Kier alpha value is -2.61. The van der Waals surface area contributed by atoms with E-state index in [0.717, 1.165) is 16.7 Å². The van der Waals surface area contributed by atoms with Crippen LogP contribution >= 0.6 is 0 Å². The van der Waals surface area contributed by atoms with Gasteiger partial charge in [0.05, 0.1) is 17.3 Å². The quantitative estimate of drug-likeness (QED) is 0.892. The maximum atomic E-state index is 10.9. The lowest BCUT2D eigenvalue weighted by Gasteiger charge is -2.08. The third-order valence-corrected chi connectivity index (χ3v) is 3.07. The van der Waals surface area contributed by atoms with Gasteiger partial charge in [0.1, 0.15) is 0 Å². The summed E-state index contributed by atoms with van der Waals surface area (Å²) < 4.78 is 1.52. The molecular formula is C14H13N3O2. The Morgan fingerprint density at radius 1 is 1.32 bits per heavy atom. The Kier molecular flexibility index (Phi) is 3.09. The van der Waals surface area contributed by atoms with Crippen LogP contribution in [-0.4, -0.2) is 20.9 Å². The zero-order chi connectivity index (χ0) is 14.2. The molecule has 2 aromatic rings. The highest BCUT2D eigenvalue weighted by Crippen LogP contribution is 2.26. The van der Waals surface area contributed by atoms with Crippen molar-refractivity contribution >= 4 is 5.97 Å². The molecule has 1 N–H and O–H groups in total. The SMILES string of the molecule is Cc1cc(C)c(-c2cc(C(=O)O)nn2C)cc1C#N. The number of hydrogen-bond acceptors (Lipinski definition) is 3. The van der Waals surface area contributed by atoms with Crippen LogP contribution in [-0.2, 0) is 7.05 Å². The van der Waals surface area contributed by atoms with Crippen molar-refractivity contribution in [3.8, 4) is 17.3 Å². The number of nitriles is 1. The maximum Gasteiger partial charge on any atom is 0.356 e. The fourth-order valence-electron chi connectivity index (χ4n) is 2.07. The summed E-state index contributed by atoms with van der Waals surface area (Å²) in [5.41, 5.74) is 3.98. The third kappa shape index (κ3) is 2.20. The van der Waals surface area contributed by atoms with Gasteiger partial charge in [0.2, 0.25) is 0 Å². The molecular weight excluding hydrogens is 242 g/mol. The van der Waals surface area contributed by atoms with Gasteiger partial charge >= 0.3 is 5.97 Å². The molecule has 0 saturated heterocycles. The van der Waals surface area contributed by atoms with E-state index in [0.29, 0.717) is 11.3 Å². The van der Waals surface area contributed by atoms with Crippen molar-refractivity contribution in [1.29, 1.82) is 5.26 Å². The van der Waals surface area contributed by atoms with E-state index in [9.17, 15) is 4.79 Å². The molecule has 1 heterocycles. The molecule has 96 valence electrons. The molecule has 5 heteroatoms. The largest absolute Gasteiger partial charge is 0.476 e. The standard InChI is InChI=1S/C14H13N3O2/c1-8-4-9(2)11(5-10(8)7-15)13-6-12(14(18)19)16-17(13)3/h4-6H,1-3H3,(H,18,19). The topological polar surface area (TPSA) is 78.9 Å². The monoisotopic (exact) mass is 255 g/mol. The molecule has 0 aliphatic carbocycles. The Bertz CT molecular complexity index is 708. The molecule has 0 radical (unpaired) electrons. The number of aromatic carboxylic acids is 1. The number of carboxylic acid groups (broad SMARTS) is 1. The number of rotatable bonds is 2. The average molecular weight is 255 g/mol. The number of carbonyl (C=O) groups is 1. The van der Waals surface area contributed by atoms with Crippen molar-refractivity contribution in [2.24, 2.45) is 7.05 Å². The van der Waals surface area contributed by atoms with Gasteiger partial charge in [0, 0.05) is 12.6 Å². The van der Waals surface area contributed by atoms with Gasteiger partial charge in [-0.05, 0) is 37.1 Å². The van der Waals surface area contributed by atoms with Crippen LogP contribution in [0, 0.1) is 25.2 Å². The molecule has 0 amide bonds. The summed E-state index contributed by atoms with van der Waals surface area (Å²) >= 11 is 0. The Balaban J connectivity index is 2.65. The van der Waals surface area contributed by atoms with Gasteiger partial charge in [-0.1, -0.05) is 6.07 Å². The Morgan fingerprint density at radius 2 is 2.00 bits per heavy atom. The first-order valence-corrected chi connectivity index (χ1v) is 5.73. The molecule has 0 bridgehead atoms. The minimum absolute atomic E-state index is 0.00372. The highest BCUT2D eigenvalue weighted by Gasteiger charge is 2.15. The second-order valence-electron chi connectivity index (χ2n) is 4.44. The maximum absolute atomic E-state index is 10.9. The number of benzene rings is 1. The highest BCUT2D eigenvalue weighted by atomic mass is 16.4. The molecule has 0 aliphatic heterocycles. The van der Waals surface area contributed by atoms with Crippen molar-refractivity contribution in [3.63, 3.8) is 0 Å². The average Bonchev–Trinajstić information content (AvgIpc) is 2.72. The first-order chi connectivity index (χ1) is 8.93. The van der Waals surface area contributed by atoms with Crippen LogP contribution in [0.2, 0.25) is 0 Å². The van der Waals surface area contributed by atoms with E-state index in [2.05, 4.69) is 11.2 Å². The number of hydrogen-bond donors (Lipinski definition) is 1. The van der Waals surface area contributed by atoms with Crippen molar-refractivity contribution in [1.82, 2.24) is 9.78 Å². The summed E-state index contributed by atoms with van der Waals surface area (Å²) in [5.74, 6) is -1.06. The van der Waals surface area contributed by atoms with Crippen molar-refractivity contribution in [2.45, 2.75) is 13.8 Å². The van der Waals surface area contributed by atoms with Gasteiger partial charge in [-0.3, -0.25) is 4.68 Å². The van der Waals surface area contributed by atoms with Crippen LogP contribution < -0.4 is 0 Å². The van der Waals surface area contributed by atoms with Gasteiger partial charge in [-0.15, -0.1) is 0 Å². The van der Waals surface area contributed by atoms with E-state index in [1.165, 1.54) is 10.7 Å². The van der Waals surface area contributed by atoms with Gasteiger partial charge in [0.25, 0.3) is 0 Å². The van der Waals surface area contributed by atoms with Crippen molar-refractivity contribution in [3.05, 3.63) is 40.6 Å². The number of carboxylic acids is 1. The van der Waals surface area contributed by atoms with Crippen LogP contribution in [0.1, 0.15) is 27.2 Å². The minimum atomic E-state index is -1.06. The van der Waals surface area contributed by atoms with E-state index in [-0.39, 0.29) is 5.69 Å². The van der Waals surface area contributed by atoms with E-state index >= 15 is 0 Å². The van der Waals surface area contributed by atoms with Crippen LogP contribution in [0.4, 0.5) is 0 Å². The van der Waals surface area contributed by atoms with Crippen molar-refractivity contribution < 1.29 is 9.90 Å². The van der Waals surface area contributed by atoms with E-state index in [1.54, 1.807) is 13.1 Å². The van der Waals surface area contributed by atoms with Crippen LogP contribution in [0.25, 0.3) is 11.3 Å². The molecule has 0 unspecified atom stereocenters. The highest BCUT2D eigenvalue weighted by molar-refractivity contribution is 5.87. The summed E-state index contributed by atoms with van der Waals surface area (Å²) in [6.45, 7) is 3.80. The van der Waals surface area contributed by atoms with Crippen molar-refractivity contribution in [2.75, 3.05) is 0 Å². The van der Waals surface area contributed by atoms with E-state index in [4.69, 9.17) is 10.4 Å². The molecule has 0 spiro atoms. The fourth-order valence-corrected chi connectivity index (χ4v) is 2.07. The lowest BCUT2D eigenvalue weighted by Crippen LogP contribution is -1.99. The second-order valence-corrected chi connectivity index (χ2v) is 4.44. The van der Waals surface area contributed by atoms with Crippen LogP contribution in [0.3, 0.4) is 0 Å². The fraction of sp³-hybridized carbons (Fsp3) is 0.214. The molecule has 0 aliphatic rings. The molecule has 1 aromatic heterocycles. The molecule has 2 rings (SSSR count). The summed E-state index contributed by atoms with van der Waals surface area (Å²) in [7, 11) is 1.69. The molecule has 19 heavy (non-hydrogen) atoms. The predicted molar refractivity (Wildman–Crippen MR) is 69.8 cm³/mol. The molecule has 0 atom stereocenters. The number of aromatic nitrogens is 2. The van der Waals surface area contributed by atoms with E-state index in [1.807, 2.05) is 19.9 Å². The molecule has 0 saturated carbocycles. The first-order valence-electron chi connectivity index (χ1n) is 5.73. The second kappa shape index (κ2) is 4.58. The van der Waals surface area contributed by atoms with Gasteiger partial charge in [0.15, 0.2) is 5.69 Å². The summed E-state index contributed by atoms with van der Waals surface area (Å²) in [5, 5.41) is 22.0. The lowest BCUT2D eigenvalue weighted by molar-refractivity contribution is 0.0689. The van der Waals surface area contributed by atoms with Crippen LogP contribution in [0.15, 0.2) is 18.2 Å². The smallest absolute Gasteiger partial charge is 0.356 e. The molecule has 0 fully saturated rings. The summed E-state index contributed by atoms with van der Waals surface area (Å²) in [6, 6.07) is 7.34. The van der Waals surface area contributed by atoms with Gasteiger partial charge in [-0.25, -0.2) is 4.79 Å². The zero-order valence-corrected chi connectivity index (χ0v) is 10.9. The zero-order valence-electron chi connectivity index (χ0n) is 10.9.